The van der Waals surface area contributed by atoms with Crippen molar-refractivity contribution < 1.29 is 9.90 Å². The summed E-state index contributed by atoms with van der Waals surface area (Å²) >= 11 is 0. The van der Waals surface area contributed by atoms with Gasteiger partial charge >= 0.3 is 0 Å². The number of ketones is 1. The molecule has 0 radical (unpaired) electrons. The number of hydrogen-bond donors (Lipinski definition) is 1. The van der Waals surface area contributed by atoms with Crippen molar-refractivity contribution in [2.75, 3.05) is 0 Å². The molecule has 24 heavy (non-hydrogen) atoms. The molecule has 1 aromatic carbocycles. The van der Waals surface area contributed by atoms with Gasteiger partial charge in [-0.3, -0.25) is 9.59 Å². The van der Waals surface area contributed by atoms with Crippen LogP contribution < -0.4 is 5.56 Å². The molecule has 3 rings (SSSR count). The van der Waals surface area contributed by atoms with Crippen LogP contribution >= 0.6 is 0 Å². The number of aromatic hydroxyl groups is 1. The minimum atomic E-state index is -0.394. The number of pyridine rings is 1. The molecule has 0 bridgehead atoms. The Kier molecular flexibility index (Phi) is 4.48. The quantitative estimate of drug-likeness (QED) is 0.880. The lowest BCUT2D eigenvalue weighted by atomic mass is 9.94. The van der Waals surface area contributed by atoms with Crippen LogP contribution in [0, 0.1) is 11.3 Å². The predicted molar refractivity (Wildman–Crippen MR) is 89.1 cm³/mol. The van der Waals surface area contributed by atoms with Crippen LogP contribution in [0.4, 0.5) is 0 Å². The lowest BCUT2D eigenvalue weighted by Crippen LogP contribution is -2.29. The molecule has 0 aliphatic heterocycles. The van der Waals surface area contributed by atoms with Gasteiger partial charge in [0, 0.05) is 17.8 Å². The maximum Gasteiger partial charge on any atom is 0.268 e. The Labute approximate surface area is 139 Å². The van der Waals surface area contributed by atoms with Crippen LogP contribution in [-0.2, 0) is 0 Å². The Morgan fingerprint density at radius 1 is 1.21 bits per heavy atom. The third-order valence-corrected chi connectivity index (χ3v) is 4.54. The Morgan fingerprint density at radius 2 is 1.92 bits per heavy atom. The summed E-state index contributed by atoms with van der Waals surface area (Å²) in [6, 6.07) is 9.49. The van der Waals surface area contributed by atoms with Crippen LogP contribution in [0.2, 0.25) is 0 Å². The predicted octanol–water partition coefficient (Wildman–Crippen LogP) is 3.16. The fraction of sp³-hybridized carbons (Fsp3) is 0.316. The molecular formula is C19H18N2O3. The molecule has 0 amide bonds. The number of para-hydroxylation sites is 1. The molecule has 0 unspecified atom stereocenters. The molecule has 0 saturated heterocycles. The highest BCUT2D eigenvalue weighted by Gasteiger charge is 2.21. The number of rotatable bonds is 3. The topological polar surface area (TPSA) is 83.1 Å². The largest absolute Gasteiger partial charge is 0.507 e. The highest BCUT2D eigenvalue weighted by atomic mass is 16.3. The summed E-state index contributed by atoms with van der Waals surface area (Å²) in [4.78, 5) is 25.2. The maximum atomic E-state index is 12.7. The zero-order chi connectivity index (χ0) is 17.1. The summed E-state index contributed by atoms with van der Waals surface area (Å²) in [5.74, 6) is -0.509. The zero-order valence-corrected chi connectivity index (χ0v) is 13.2. The normalized spacial score (nSPS) is 15.0. The summed E-state index contributed by atoms with van der Waals surface area (Å²) in [5.41, 5.74) is 0.0218. The van der Waals surface area contributed by atoms with Crippen molar-refractivity contribution in [1.29, 1.82) is 5.26 Å². The van der Waals surface area contributed by atoms with Gasteiger partial charge in [-0.25, -0.2) is 0 Å². The third-order valence-electron chi connectivity index (χ3n) is 4.54. The van der Waals surface area contributed by atoms with Crippen molar-refractivity contribution in [3.8, 4) is 11.8 Å². The van der Waals surface area contributed by atoms with Crippen LogP contribution in [0.5, 0.6) is 5.75 Å². The van der Waals surface area contributed by atoms with E-state index in [1.165, 1.54) is 29.0 Å². The van der Waals surface area contributed by atoms with Gasteiger partial charge in [0.15, 0.2) is 5.78 Å². The van der Waals surface area contributed by atoms with Gasteiger partial charge in [-0.05, 0) is 31.0 Å². The summed E-state index contributed by atoms with van der Waals surface area (Å²) in [6.45, 7) is 0. The monoisotopic (exact) mass is 322 g/mol. The zero-order valence-electron chi connectivity index (χ0n) is 13.2. The molecule has 5 heteroatoms. The summed E-state index contributed by atoms with van der Waals surface area (Å²) < 4.78 is 1.53. The molecule has 1 heterocycles. The van der Waals surface area contributed by atoms with E-state index in [0.29, 0.717) is 0 Å². The molecule has 1 saturated carbocycles. The van der Waals surface area contributed by atoms with Gasteiger partial charge < -0.3 is 9.67 Å². The minimum Gasteiger partial charge on any atom is -0.507 e. The van der Waals surface area contributed by atoms with Crippen LogP contribution in [-0.4, -0.2) is 15.5 Å². The molecule has 1 aliphatic carbocycles. The smallest absolute Gasteiger partial charge is 0.268 e. The van der Waals surface area contributed by atoms with E-state index >= 15 is 0 Å². The SMILES string of the molecule is N#Cc1cc(C(=O)c2ccccc2O)cn(C2CCCCC2)c1=O. The standard InChI is InChI=1S/C19H18N2O3/c20-11-13-10-14(18(23)16-8-4-5-9-17(16)22)12-21(19(13)24)15-6-2-1-3-7-15/h4-5,8-10,12,15,22H,1-3,6-7H2. The van der Waals surface area contributed by atoms with E-state index in [1.807, 2.05) is 6.07 Å². The van der Waals surface area contributed by atoms with E-state index < -0.39 is 5.78 Å². The second kappa shape index (κ2) is 6.71. The molecule has 0 spiro atoms. The first-order chi connectivity index (χ1) is 11.6. The van der Waals surface area contributed by atoms with Gasteiger partial charge in [0.25, 0.3) is 5.56 Å². The minimum absolute atomic E-state index is 0.0236. The van der Waals surface area contributed by atoms with Crippen LogP contribution in [0.3, 0.4) is 0 Å². The van der Waals surface area contributed by atoms with E-state index in [2.05, 4.69) is 0 Å². The Hall–Kier alpha value is -2.87. The van der Waals surface area contributed by atoms with Gasteiger partial charge in [-0.1, -0.05) is 31.4 Å². The van der Waals surface area contributed by atoms with Crippen molar-refractivity contribution in [3.05, 3.63) is 63.6 Å². The average Bonchev–Trinajstić information content (AvgIpc) is 2.62. The maximum absolute atomic E-state index is 12.7. The number of carbonyl (C=O) groups excluding carboxylic acids is 1. The fourth-order valence-corrected chi connectivity index (χ4v) is 3.26. The number of nitriles is 1. The number of hydrogen-bond acceptors (Lipinski definition) is 4. The molecule has 5 nitrogen and oxygen atoms in total. The van der Waals surface area contributed by atoms with Gasteiger partial charge in [0.1, 0.15) is 17.4 Å². The number of phenols is 1. The molecule has 1 aliphatic rings. The van der Waals surface area contributed by atoms with Crippen molar-refractivity contribution >= 4 is 5.78 Å². The molecule has 122 valence electrons. The molecule has 1 aromatic heterocycles. The van der Waals surface area contributed by atoms with Gasteiger partial charge in [0.2, 0.25) is 0 Å². The van der Waals surface area contributed by atoms with Gasteiger partial charge in [-0.2, -0.15) is 5.26 Å². The third kappa shape index (κ3) is 2.95. The van der Waals surface area contributed by atoms with E-state index in [-0.39, 0.29) is 34.0 Å². The first-order valence-electron chi connectivity index (χ1n) is 8.11. The van der Waals surface area contributed by atoms with Gasteiger partial charge in [-0.15, -0.1) is 0 Å². The van der Waals surface area contributed by atoms with E-state index in [4.69, 9.17) is 0 Å². The molecule has 0 atom stereocenters. The first kappa shape index (κ1) is 16.0. The highest BCUT2D eigenvalue weighted by Crippen LogP contribution is 2.28. The summed E-state index contributed by atoms with van der Waals surface area (Å²) in [6.07, 6.45) is 6.51. The summed E-state index contributed by atoms with van der Waals surface area (Å²) in [7, 11) is 0. The fourth-order valence-electron chi connectivity index (χ4n) is 3.26. The number of phenolic OH excluding ortho intramolecular Hbond substituents is 1. The lowest BCUT2D eigenvalue weighted by molar-refractivity contribution is 0.103. The molecule has 1 fully saturated rings. The second-order valence-corrected chi connectivity index (χ2v) is 6.10. The van der Waals surface area contributed by atoms with Crippen LogP contribution in [0.1, 0.15) is 59.6 Å². The molecule has 2 aromatic rings. The van der Waals surface area contributed by atoms with Crippen molar-refractivity contribution in [2.24, 2.45) is 0 Å². The van der Waals surface area contributed by atoms with Crippen LogP contribution in [0.15, 0.2) is 41.3 Å². The van der Waals surface area contributed by atoms with Crippen molar-refractivity contribution in [3.63, 3.8) is 0 Å². The van der Waals surface area contributed by atoms with E-state index in [1.54, 1.807) is 12.1 Å². The van der Waals surface area contributed by atoms with E-state index in [0.717, 1.165) is 32.1 Å². The summed E-state index contributed by atoms with van der Waals surface area (Å²) in [5, 5.41) is 19.1. The van der Waals surface area contributed by atoms with E-state index in [9.17, 15) is 20.0 Å². The second-order valence-electron chi connectivity index (χ2n) is 6.10. The Balaban J connectivity index is 2.09. The number of nitrogens with zero attached hydrogens (tertiary/aromatic N) is 2. The lowest BCUT2D eigenvalue weighted by Gasteiger charge is -2.24. The highest BCUT2D eigenvalue weighted by molar-refractivity contribution is 6.10. The number of benzene rings is 1. The van der Waals surface area contributed by atoms with Crippen LogP contribution in [0.25, 0.3) is 0 Å². The molecular weight excluding hydrogens is 304 g/mol. The number of aromatic nitrogens is 1. The Morgan fingerprint density at radius 3 is 2.58 bits per heavy atom. The average molecular weight is 322 g/mol. The van der Waals surface area contributed by atoms with Crippen molar-refractivity contribution in [1.82, 2.24) is 4.57 Å². The molecule has 1 N–H and O–H groups in total. The van der Waals surface area contributed by atoms with Crippen molar-refractivity contribution in [2.45, 2.75) is 38.1 Å². The number of carbonyl (C=O) groups is 1. The Bertz CT molecular complexity index is 871. The van der Waals surface area contributed by atoms with Gasteiger partial charge in [0.05, 0.1) is 5.56 Å². The first-order valence-corrected chi connectivity index (χ1v) is 8.11.